The second kappa shape index (κ2) is 6.65. The first kappa shape index (κ1) is 16.2. The maximum Gasteiger partial charge on any atom is 0.141 e. The number of halogens is 1. The fourth-order valence-electron chi connectivity index (χ4n) is 3.02. The molecule has 27 heavy (non-hydrogen) atoms. The Bertz CT molecular complexity index is 1140. The van der Waals surface area contributed by atoms with Gasteiger partial charge in [0.05, 0.1) is 26.8 Å². The summed E-state index contributed by atoms with van der Waals surface area (Å²) in [6.07, 6.45) is 2.10. The Kier molecular flexibility index (Phi) is 4.00. The number of aromatic nitrogens is 3. The highest BCUT2D eigenvalue weighted by atomic mass is 35.5. The standard InChI is InChI=1S/C22H14ClN3S/c23-15-11-9-14(10-12-15)13-16(21-24-17-5-1-2-6-18(17)25-21)22-26-19-7-3-4-8-20(19)27-22/h1-13H,(H,24,25)/b16-13+. The number of hydrogen-bond donors (Lipinski definition) is 1. The third-order valence-electron chi connectivity index (χ3n) is 4.35. The van der Waals surface area contributed by atoms with Gasteiger partial charge >= 0.3 is 0 Å². The first-order valence-electron chi connectivity index (χ1n) is 8.55. The SMILES string of the molecule is Clc1ccc(/C=C(\c2nc3ccccc3[nH]2)c2nc3ccccc3s2)cc1. The average Bonchev–Trinajstić information content (AvgIpc) is 3.31. The smallest absolute Gasteiger partial charge is 0.141 e. The lowest BCUT2D eigenvalue weighted by Gasteiger charge is -2.02. The second-order valence-corrected chi connectivity index (χ2v) is 7.67. The Morgan fingerprint density at radius 1 is 0.852 bits per heavy atom. The Hall–Kier alpha value is -2.95. The number of thiazole rings is 1. The molecule has 5 aromatic rings. The first-order chi connectivity index (χ1) is 13.3. The summed E-state index contributed by atoms with van der Waals surface area (Å²) >= 11 is 7.71. The number of benzene rings is 3. The molecule has 0 atom stereocenters. The van der Waals surface area contributed by atoms with Crippen molar-refractivity contribution in [3.05, 3.63) is 94.2 Å². The Morgan fingerprint density at radius 2 is 1.59 bits per heavy atom. The fraction of sp³-hybridized carbons (Fsp3) is 0. The summed E-state index contributed by atoms with van der Waals surface area (Å²) in [6.45, 7) is 0. The average molecular weight is 388 g/mol. The number of hydrogen-bond acceptors (Lipinski definition) is 3. The normalized spacial score (nSPS) is 12.1. The third-order valence-corrected chi connectivity index (χ3v) is 5.67. The molecule has 0 saturated carbocycles. The van der Waals surface area contributed by atoms with Crippen LogP contribution in [0.3, 0.4) is 0 Å². The molecular weight excluding hydrogens is 374 g/mol. The van der Waals surface area contributed by atoms with Gasteiger partial charge in [0.2, 0.25) is 0 Å². The van der Waals surface area contributed by atoms with Gasteiger partial charge in [-0.1, -0.05) is 48.0 Å². The van der Waals surface area contributed by atoms with Crippen LogP contribution >= 0.6 is 22.9 Å². The molecule has 0 saturated heterocycles. The van der Waals surface area contributed by atoms with Crippen molar-refractivity contribution >= 4 is 55.8 Å². The van der Waals surface area contributed by atoms with Gasteiger partial charge in [0.25, 0.3) is 0 Å². The van der Waals surface area contributed by atoms with Gasteiger partial charge < -0.3 is 4.98 Å². The number of fused-ring (bicyclic) bond motifs is 2. The zero-order chi connectivity index (χ0) is 18.2. The van der Waals surface area contributed by atoms with E-state index in [-0.39, 0.29) is 0 Å². The second-order valence-electron chi connectivity index (χ2n) is 6.20. The minimum Gasteiger partial charge on any atom is -0.338 e. The number of aromatic amines is 1. The highest BCUT2D eigenvalue weighted by Gasteiger charge is 2.15. The van der Waals surface area contributed by atoms with Gasteiger partial charge in [-0.2, -0.15) is 0 Å². The van der Waals surface area contributed by atoms with E-state index in [2.05, 4.69) is 17.1 Å². The minimum atomic E-state index is 0.720. The number of para-hydroxylation sites is 3. The monoisotopic (exact) mass is 387 g/mol. The van der Waals surface area contributed by atoms with E-state index in [1.165, 1.54) is 0 Å². The van der Waals surface area contributed by atoms with Crippen LogP contribution in [0.2, 0.25) is 5.02 Å². The molecule has 3 nitrogen and oxygen atoms in total. The van der Waals surface area contributed by atoms with Gasteiger partial charge in [-0.05, 0) is 48.0 Å². The zero-order valence-corrected chi connectivity index (χ0v) is 15.8. The highest BCUT2D eigenvalue weighted by Crippen LogP contribution is 2.32. The van der Waals surface area contributed by atoms with Crippen LogP contribution in [0.1, 0.15) is 16.4 Å². The summed E-state index contributed by atoms with van der Waals surface area (Å²) in [5.74, 6) is 0.810. The van der Waals surface area contributed by atoms with Gasteiger partial charge in [-0.15, -0.1) is 11.3 Å². The fourth-order valence-corrected chi connectivity index (χ4v) is 4.13. The van der Waals surface area contributed by atoms with Crippen LogP contribution < -0.4 is 0 Å². The van der Waals surface area contributed by atoms with E-state index in [1.54, 1.807) is 11.3 Å². The van der Waals surface area contributed by atoms with Crippen molar-refractivity contribution in [2.24, 2.45) is 0 Å². The molecule has 3 aromatic carbocycles. The molecule has 0 radical (unpaired) electrons. The van der Waals surface area contributed by atoms with Crippen LogP contribution in [-0.2, 0) is 0 Å². The van der Waals surface area contributed by atoms with Gasteiger partial charge in [-0.25, -0.2) is 9.97 Å². The summed E-state index contributed by atoms with van der Waals surface area (Å²) in [5, 5.41) is 1.66. The molecule has 130 valence electrons. The van der Waals surface area contributed by atoms with Crippen LogP contribution in [0.4, 0.5) is 0 Å². The summed E-state index contributed by atoms with van der Waals surface area (Å²) in [7, 11) is 0. The van der Waals surface area contributed by atoms with E-state index >= 15 is 0 Å². The largest absolute Gasteiger partial charge is 0.338 e. The van der Waals surface area contributed by atoms with Crippen LogP contribution in [0.5, 0.6) is 0 Å². The molecule has 0 bridgehead atoms. The minimum absolute atomic E-state index is 0.720. The van der Waals surface area contributed by atoms with Crippen molar-refractivity contribution in [2.75, 3.05) is 0 Å². The lowest BCUT2D eigenvalue weighted by Crippen LogP contribution is -1.90. The third kappa shape index (κ3) is 3.14. The highest BCUT2D eigenvalue weighted by molar-refractivity contribution is 7.19. The molecule has 5 rings (SSSR count). The van der Waals surface area contributed by atoms with Crippen molar-refractivity contribution in [2.45, 2.75) is 0 Å². The number of nitrogens with zero attached hydrogens (tertiary/aromatic N) is 2. The van der Waals surface area contributed by atoms with E-state index in [9.17, 15) is 0 Å². The Labute approximate surface area is 165 Å². The molecule has 0 unspecified atom stereocenters. The van der Waals surface area contributed by atoms with Crippen molar-refractivity contribution in [3.63, 3.8) is 0 Å². The molecule has 0 fully saturated rings. The number of imidazole rings is 1. The molecule has 1 N–H and O–H groups in total. The molecule has 0 amide bonds. The van der Waals surface area contributed by atoms with E-state index in [1.807, 2.05) is 66.7 Å². The van der Waals surface area contributed by atoms with Crippen molar-refractivity contribution in [1.82, 2.24) is 15.0 Å². The van der Waals surface area contributed by atoms with Crippen LogP contribution in [0.15, 0.2) is 72.8 Å². The van der Waals surface area contributed by atoms with Crippen LogP contribution in [0.25, 0.3) is 32.9 Å². The Morgan fingerprint density at radius 3 is 2.37 bits per heavy atom. The predicted molar refractivity (Wildman–Crippen MR) is 114 cm³/mol. The van der Waals surface area contributed by atoms with Crippen LogP contribution in [0, 0.1) is 0 Å². The summed E-state index contributed by atoms with van der Waals surface area (Å²) in [5.41, 5.74) is 4.96. The van der Waals surface area contributed by atoms with Gasteiger partial charge in [0.1, 0.15) is 10.8 Å². The molecular formula is C22H14ClN3S. The number of nitrogens with one attached hydrogen (secondary N) is 1. The molecule has 5 heteroatoms. The van der Waals surface area contributed by atoms with E-state index in [0.29, 0.717) is 0 Å². The lowest BCUT2D eigenvalue weighted by molar-refractivity contribution is 1.25. The number of rotatable bonds is 3. The van der Waals surface area contributed by atoms with Gasteiger partial charge in [-0.3, -0.25) is 0 Å². The number of H-pyrrole nitrogens is 1. The first-order valence-corrected chi connectivity index (χ1v) is 9.74. The summed E-state index contributed by atoms with van der Waals surface area (Å²) < 4.78 is 1.16. The lowest BCUT2D eigenvalue weighted by atomic mass is 10.1. The summed E-state index contributed by atoms with van der Waals surface area (Å²) in [6, 6.07) is 24.0. The molecule has 0 aliphatic carbocycles. The van der Waals surface area contributed by atoms with E-state index < -0.39 is 0 Å². The van der Waals surface area contributed by atoms with Crippen molar-refractivity contribution in [3.8, 4) is 0 Å². The Balaban J connectivity index is 1.72. The van der Waals surface area contributed by atoms with Crippen molar-refractivity contribution in [1.29, 1.82) is 0 Å². The molecule has 2 aromatic heterocycles. The quantitative estimate of drug-likeness (QED) is 0.388. The van der Waals surface area contributed by atoms with Gasteiger partial charge in [0.15, 0.2) is 0 Å². The molecule has 0 spiro atoms. The van der Waals surface area contributed by atoms with E-state index in [0.717, 1.165) is 48.2 Å². The van der Waals surface area contributed by atoms with Crippen LogP contribution in [-0.4, -0.2) is 15.0 Å². The maximum absolute atomic E-state index is 6.04. The maximum atomic E-state index is 6.04. The molecule has 0 aliphatic rings. The molecule has 2 heterocycles. The van der Waals surface area contributed by atoms with Crippen molar-refractivity contribution < 1.29 is 0 Å². The van der Waals surface area contributed by atoms with E-state index in [4.69, 9.17) is 21.6 Å². The van der Waals surface area contributed by atoms with Gasteiger partial charge in [0, 0.05) is 5.02 Å². The topological polar surface area (TPSA) is 41.6 Å². The molecule has 0 aliphatic heterocycles. The zero-order valence-electron chi connectivity index (χ0n) is 14.2. The predicted octanol–water partition coefficient (Wildman–Crippen LogP) is 6.41. The summed E-state index contributed by atoms with van der Waals surface area (Å²) in [4.78, 5) is 13.1.